The van der Waals surface area contributed by atoms with E-state index in [4.69, 9.17) is 9.15 Å². The number of hydrogen-bond donors (Lipinski definition) is 1. The number of rotatable bonds is 6. The number of anilines is 2. The van der Waals surface area contributed by atoms with Gasteiger partial charge in [0, 0.05) is 35.0 Å². The summed E-state index contributed by atoms with van der Waals surface area (Å²) in [6.07, 6.45) is 8.21. The number of amides is 1. The van der Waals surface area contributed by atoms with Gasteiger partial charge in [0.2, 0.25) is 0 Å². The van der Waals surface area contributed by atoms with Crippen LogP contribution >= 0.6 is 11.8 Å². The second-order valence-corrected chi connectivity index (χ2v) is 9.72. The zero-order chi connectivity index (χ0) is 21.8. The summed E-state index contributed by atoms with van der Waals surface area (Å²) in [5.74, 6) is 1.88. The fourth-order valence-corrected chi connectivity index (χ4v) is 5.84. The third kappa shape index (κ3) is 4.79. The smallest absolute Gasteiger partial charge is 0.291 e. The minimum Gasteiger partial charge on any atom is -0.451 e. The molecule has 1 saturated carbocycles. The average Bonchev–Trinajstić information content (AvgIpc) is 3.23. The molecule has 0 unspecified atom stereocenters. The largest absolute Gasteiger partial charge is 0.451 e. The van der Waals surface area contributed by atoms with Crippen LogP contribution in [0.5, 0.6) is 0 Å². The maximum atomic E-state index is 13.2. The summed E-state index contributed by atoms with van der Waals surface area (Å²) in [6.45, 7) is 3.10. The van der Waals surface area contributed by atoms with Crippen molar-refractivity contribution >= 4 is 40.1 Å². The monoisotopic (exact) mass is 451 g/mol. The molecule has 7 heteroatoms. The molecule has 1 aromatic carbocycles. The lowest BCUT2D eigenvalue weighted by Gasteiger charge is -2.27. The normalized spacial score (nSPS) is 17.6. The van der Waals surface area contributed by atoms with Crippen LogP contribution in [0.2, 0.25) is 0 Å². The van der Waals surface area contributed by atoms with Crippen LogP contribution in [-0.4, -0.2) is 42.4 Å². The lowest BCUT2D eigenvalue weighted by atomic mass is 10.0. The molecule has 0 bridgehead atoms. The van der Waals surface area contributed by atoms with Gasteiger partial charge in [-0.05, 0) is 31.0 Å². The van der Waals surface area contributed by atoms with Crippen LogP contribution in [0.3, 0.4) is 0 Å². The highest BCUT2D eigenvalue weighted by Crippen LogP contribution is 2.35. The van der Waals surface area contributed by atoms with Crippen molar-refractivity contribution in [3.63, 3.8) is 0 Å². The maximum absolute atomic E-state index is 13.2. The molecule has 32 heavy (non-hydrogen) atoms. The van der Waals surface area contributed by atoms with Gasteiger partial charge in [-0.3, -0.25) is 4.79 Å². The third-order valence-electron chi connectivity index (χ3n) is 6.26. The molecule has 0 spiro atoms. The molecule has 5 rings (SSSR count). The van der Waals surface area contributed by atoms with Crippen molar-refractivity contribution in [2.45, 2.75) is 43.1 Å². The molecule has 2 fully saturated rings. The molecular weight excluding hydrogens is 422 g/mol. The zero-order valence-electron chi connectivity index (χ0n) is 18.2. The summed E-state index contributed by atoms with van der Waals surface area (Å²) in [4.78, 5) is 19.9. The molecule has 1 aliphatic carbocycles. The van der Waals surface area contributed by atoms with Crippen molar-refractivity contribution in [2.24, 2.45) is 0 Å². The molecule has 1 aliphatic heterocycles. The molecule has 2 aliphatic rings. The fraction of sp³-hybridized carbons (Fsp3) is 0.440. The van der Waals surface area contributed by atoms with Crippen LogP contribution in [-0.2, 0) is 10.5 Å². The Morgan fingerprint density at radius 2 is 1.91 bits per heavy atom. The summed E-state index contributed by atoms with van der Waals surface area (Å²) in [5.41, 5.74) is 2.42. The van der Waals surface area contributed by atoms with E-state index in [1.807, 2.05) is 48.2 Å². The SMILES string of the molecule is O=C(Nc1ccc(N2CCOCC2)nc1)c1oc2ccccc2c1CSC1CCCCC1. The number of aromatic nitrogens is 1. The second kappa shape index (κ2) is 9.96. The second-order valence-electron chi connectivity index (χ2n) is 8.44. The highest BCUT2D eigenvalue weighted by molar-refractivity contribution is 7.99. The number of nitrogens with one attached hydrogen (secondary N) is 1. The van der Waals surface area contributed by atoms with Crippen LogP contribution < -0.4 is 10.2 Å². The molecular formula is C25H29N3O3S. The Morgan fingerprint density at radius 1 is 1.09 bits per heavy atom. The number of nitrogens with zero attached hydrogens (tertiary/aromatic N) is 2. The molecule has 1 saturated heterocycles. The van der Waals surface area contributed by atoms with Crippen LogP contribution in [0.15, 0.2) is 47.0 Å². The molecule has 2 aromatic heterocycles. The van der Waals surface area contributed by atoms with Crippen LogP contribution in [0.1, 0.15) is 48.2 Å². The minimum atomic E-state index is -0.221. The van der Waals surface area contributed by atoms with Crippen molar-refractivity contribution in [3.8, 4) is 0 Å². The van der Waals surface area contributed by atoms with Gasteiger partial charge in [0.15, 0.2) is 5.76 Å². The number of furan rings is 1. The first kappa shape index (κ1) is 21.3. The number of fused-ring (bicyclic) bond motifs is 1. The standard InChI is InChI=1S/C25H29N3O3S/c29-25(27-18-10-11-23(26-16-18)28-12-14-30-15-13-28)24-21(17-32-19-6-2-1-3-7-19)20-8-4-5-9-22(20)31-24/h4-5,8-11,16,19H,1-3,6-7,12-15,17H2,(H,27,29). The molecule has 1 amide bonds. The predicted octanol–water partition coefficient (Wildman–Crippen LogP) is 5.48. The van der Waals surface area contributed by atoms with E-state index >= 15 is 0 Å². The molecule has 3 heterocycles. The van der Waals surface area contributed by atoms with Gasteiger partial charge >= 0.3 is 0 Å². The predicted molar refractivity (Wildman–Crippen MR) is 130 cm³/mol. The molecule has 0 atom stereocenters. The quantitative estimate of drug-likeness (QED) is 0.535. The highest BCUT2D eigenvalue weighted by Gasteiger charge is 2.23. The van der Waals surface area contributed by atoms with Crippen molar-refractivity contribution in [1.82, 2.24) is 4.98 Å². The summed E-state index contributed by atoms with van der Waals surface area (Å²) >= 11 is 1.96. The van der Waals surface area contributed by atoms with Crippen molar-refractivity contribution in [3.05, 3.63) is 53.9 Å². The van der Waals surface area contributed by atoms with Crippen LogP contribution in [0.4, 0.5) is 11.5 Å². The summed E-state index contributed by atoms with van der Waals surface area (Å²) in [7, 11) is 0. The molecule has 0 radical (unpaired) electrons. The Kier molecular flexibility index (Phi) is 6.64. The zero-order valence-corrected chi connectivity index (χ0v) is 19.0. The lowest BCUT2D eigenvalue weighted by Crippen LogP contribution is -2.36. The molecule has 1 N–H and O–H groups in total. The number of thioether (sulfide) groups is 1. The third-order valence-corrected chi connectivity index (χ3v) is 7.66. The van der Waals surface area contributed by atoms with E-state index in [0.29, 0.717) is 29.9 Å². The first-order valence-electron chi connectivity index (χ1n) is 11.5. The summed E-state index contributed by atoms with van der Waals surface area (Å²) in [6, 6.07) is 11.8. The van der Waals surface area contributed by atoms with Gasteiger partial charge in [0.25, 0.3) is 5.91 Å². The van der Waals surface area contributed by atoms with Gasteiger partial charge in [0.05, 0.1) is 25.1 Å². The van der Waals surface area contributed by atoms with Crippen LogP contribution in [0, 0.1) is 0 Å². The lowest BCUT2D eigenvalue weighted by molar-refractivity contribution is 0.0997. The van der Waals surface area contributed by atoms with Crippen molar-refractivity contribution < 1.29 is 13.9 Å². The number of para-hydroxylation sites is 1. The summed E-state index contributed by atoms with van der Waals surface area (Å²) in [5, 5.41) is 4.68. The average molecular weight is 452 g/mol. The van der Waals surface area contributed by atoms with E-state index in [2.05, 4.69) is 15.2 Å². The Hall–Kier alpha value is -2.51. The van der Waals surface area contributed by atoms with Gasteiger partial charge in [-0.2, -0.15) is 11.8 Å². The van der Waals surface area contributed by atoms with Gasteiger partial charge in [-0.25, -0.2) is 4.98 Å². The van der Waals surface area contributed by atoms with Gasteiger partial charge in [0.1, 0.15) is 11.4 Å². The Morgan fingerprint density at radius 3 is 2.69 bits per heavy atom. The Labute approximate surface area is 192 Å². The van der Waals surface area contributed by atoms with Gasteiger partial charge < -0.3 is 19.4 Å². The summed E-state index contributed by atoms with van der Waals surface area (Å²) < 4.78 is 11.4. The number of pyridine rings is 1. The maximum Gasteiger partial charge on any atom is 0.291 e. The first-order chi connectivity index (χ1) is 15.8. The number of benzene rings is 1. The van der Waals surface area contributed by atoms with Crippen LogP contribution in [0.25, 0.3) is 11.0 Å². The van der Waals surface area contributed by atoms with Crippen molar-refractivity contribution in [1.29, 1.82) is 0 Å². The van der Waals surface area contributed by atoms with E-state index in [1.165, 1.54) is 32.1 Å². The molecule has 168 valence electrons. The Bertz CT molecular complexity index is 1050. The number of morpholine rings is 1. The van der Waals surface area contributed by atoms with Gasteiger partial charge in [-0.1, -0.05) is 37.5 Å². The van der Waals surface area contributed by atoms with E-state index in [-0.39, 0.29) is 5.91 Å². The topological polar surface area (TPSA) is 67.6 Å². The van der Waals surface area contributed by atoms with E-state index in [9.17, 15) is 4.79 Å². The minimum absolute atomic E-state index is 0.221. The number of ether oxygens (including phenoxy) is 1. The Balaban J connectivity index is 1.32. The fourth-order valence-electron chi connectivity index (χ4n) is 4.49. The van der Waals surface area contributed by atoms with E-state index < -0.39 is 0 Å². The number of carbonyl (C=O) groups is 1. The molecule has 3 aromatic rings. The number of carbonyl (C=O) groups excluding carboxylic acids is 1. The van der Waals surface area contributed by atoms with E-state index in [0.717, 1.165) is 41.2 Å². The first-order valence-corrected chi connectivity index (χ1v) is 12.5. The highest BCUT2D eigenvalue weighted by atomic mass is 32.2. The van der Waals surface area contributed by atoms with Crippen molar-refractivity contribution in [2.75, 3.05) is 36.5 Å². The number of hydrogen-bond acceptors (Lipinski definition) is 6. The molecule has 6 nitrogen and oxygen atoms in total. The van der Waals surface area contributed by atoms with E-state index in [1.54, 1.807) is 6.20 Å². The van der Waals surface area contributed by atoms with Gasteiger partial charge in [-0.15, -0.1) is 0 Å².